The molecule has 1 fully saturated rings. The molecule has 2 unspecified atom stereocenters. The molecule has 0 aromatic heterocycles. The maximum Gasteiger partial charge on any atom is 0.181 e. The topological polar surface area (TPSA) is 27.7 Å². The molecule has 0 saturated carbocycles. The van der Waals surface area contributed by atoms with Crippen LogP contribution in [0.15, 0.2) is 6.07 Å². The van der Waals surface area contributed by atoms with Gasteiger partial charge in [0.1, 0.15) is 0 Å². The fourth-order valence-corrected chi connectivity index (χ4v) is 3.16. The van der Waals surface area contributed by atoms with Crippen molar-refractivity contribution in [3.8, 4) is 0 Å². The standard InChI is InChI=1S/C16H23IO3/c1-10-7-15(17)13(4)14(12(10)3)8-18-9-16-19-6-5-11(2)20-16/h7,11,16H,5-6,8-9H2,1-4H3. The lowest BCUT2D eigenvalue weighted by atomic mass is 9.99. The highest BCUT2D eigenvalue weighted by atomic mass is 127. The largest absolute Gasteiger partial charge is 0.371 e. The van der Waals surface area contributed by atoms with E-state index in [1.54, 1.807) is 0 Å². The van der Waals surface area contributed by atoms with E-state index in [0.29, 0.717) is 13.2 Å². The Morgan fingerprint density at radius 1 is 1.30 bits per heavy atom. The monoisotopic (exact) mass is 390 g/mol. The summed E-state index contributed by atoms with van der Waals surface area (Å²) in [5.74, 6) is 0. The highest BCUT2D eigenvalue weighted by Crippen LogP contribution is 2.24. The summed E-state index contributed by atoms with van der Waals surface area (Å²) in [7, 11) is 0. The van der Waals surface area contributed by atoms with Gasteiger partial charge in [0.05, 0.1) is 25.9 Å². The highest BCUT2D eigenvalue weighted by Gasteiger charge is 2.20. The van der Waals surface area contributed by atoms with Gasteiger partial charge >= 0.3 is 0 Å². The molecule has 1 aromatic rings. The second-order valence-corrected chi connectivity index (χ2v) is 6.62. The fraction of sp³-hybridized carbons (Fsp3) is 0.625. The van der Waals surface area contributed by atoms with Gasteiger partial charge in [-0.05, 0) is 85.0 Å². The Hall–Kier alpha value is -0.170. The smallest absolute Gasteiger partial charge is 0.181 e. The van der Waals surface area contributed by atoms with Gasteiger partial charge in [-0.1, -0.05) is 0 Å². The van der Waals surface area contributed by atoms with E-state index in [1.165, 1.54) is 25.8 Å². The van der Waals surface area contributed by atoms with Crippen molar-refractivity contribution in [1.29, 1.82) is 0 Å². The van der Waals surface area contributed by atoms with Crippen LogP contribution in [0.3, 0.4) is 0 Å². The van der Waals surface area contributed by atoms with E-state index in [4.69, 9.17) is 14.2 Å². The van der Waals surface area contributed by atoms with Gasteiger partial charge in [-0.3, -0.25) is 0 Å². The van der Waals surface area contributed by atoms with E-state index in [-0.39, 0.29) is 12.4 Å². The molecule has 1 heterocycles. The molecular formula is C16H23IO3. The van der Waals surface area contributed by atoms with E-state index in [2.05, 4.69) is 56.4 Å². The van der Waals surface area contributed by atoms with Crippen LogP contribution in [0.4, 0.5) is 0 Å². The molecule has 2 atom stereocenters. The van der Waals surface area contributed by atoms with Crippen LogP contribution in [-0.4, -0.2) is 25.6 Å². The first kappa shape index (κ1) is 16.2. The molecule has 2 rings (SSSR count). The molecule has 3 nitrogen and oxygen atoms in total. The summed E-state index contributed by atoms with van der Waals surface area (Å²) in [4.78, 5) is 0. The van der Waals surface area contributed by atoms with Crippen molar-refractivity contribution in [2.24, 2.45) is 0 Å². The van der Waals surface area contributed by atoms with Crippen LogP contribution in [0.2, 0.25) is 0 Å². The number of ether oxygens (including phenoxy) is 3. The molecule has 0 aliphatic carbocycles. The Bertz CT molecular complexity index is 447. The Morgan fingerprint density at radius 3 is 2.75 bits per heavy atom. The number of aryl methyl sites for hydroxylation is 1. The summed E-state index contributed by atoms with van der Waals surface area (Å²) >= 11 is 2.38. The van der Waals surface area contributed by atoms with Gasteiger partial charge in [-0.2, -0.15) is 0 Å². The minimum atomic E-state index is -0.219. The Balaban J connectivity index is 1.94. The summed E-state index contributed by atoms with van der Waals surface area (Å²) in [6, 6.07) is 2.23. The zero-order valence-electron chi connectivity index (χ0n) is 12.7. The zero-order chi connectivity index (χ0) is 14.7. The second kappa shape index (κ2) is 7.20. The second-order valence-electron chi connectivity index (χ2n) is 5.45. The number of benzene rings is 1. The van der Waals surface area contributed by atoms with Gasteiger partial charge in [-0.15, -0.1) is 0 Å². The third kappa shape index (κ3) is 3.93. The summed E-state index contributed by atoms with van der Waals surface area (Å²) in [6.07, 6.45) is 1.01. The van der Waals surface area contributed by atoms with Crippen LogP contribution in [0.25, 0.3) is 0 Å². The Morgan fingerprint density at radius 2 is 2.05 bits per heavy atom. The summed E-state index contributed by atoms with van der Waals surface area (Å²) in [5, 5.41) is 0. The van der Waals surface area contributed by atoms with Gasteiger partial charge in [-0.25, -0.2) is 0 Å². The van der Waals surface area contributed by atoms with Crippen molar-refractivity contribution in [1.82, 2.24) is 0 Å². The molecule has 1 aliphatic rings. The molecule has 0 bridgehead atoms. The number of hydrogen-bond acceptors (Lipinski definition) is 3. The third-order valence-corrected chi connectivity index (χ3v) is 5.03. The molecule has 0 spiro atoms. The molecule has 4 heteroatoms. The van der Waals surface area contributed by atoms with Crippen LogP contribution in [0, 0.1) is 24.3 Å². The van der Waals surface area contributed by atoms with Crippen LogP contribution < -0.4 is 0 Å². The maximum atomic E-state index is 5.83. The quantitative estimate of drug-likeness (QED) is 0.731. The minimum Gasteiger partial charge on any atom is -0.371 e. The Labute approximate surface area is 135 Å². The molecular weight excluding hydrogens is 367 g/mol. The fourth-order valence-electron chi connectivity index (χ4n) is 2.36. The minimum absolute atomic E-state index is 0.219. The molecule has 0 N–H and O–H groups in total. The van der Waals surface area contributed by atoms with E-state index >= 15 is 0 Å². The SMILES string of the molecule is Cc1cc(I)c(C)c(COCC2OCCC(C)O2)c1C. The van der Waals surface area contributed by atoms with E-state index in [9.17, 15) is 0 Å². The Kier molecular flexibility index (Phi) is 5.84. The molecule has 0 amide bonds. The summed E-state index contributed by atoms with van der Waals surface area (Å²) < 4.78 is 18.3. The van der Waals surface area contributed by atoms with Crippen molar-refractivity contribution in [2.75, 3.05) is 13.2 Å². The molecule has 1 aliphatic heterocycles. The maximum absolute atomic E-state index is 5.83. The van der Waals surface area contributed by atoms with Crippen molar-refractivity contribution >= 4 is 22.6 Å². The first-order chi connectivity index (χ1) is 9.49. The van der Waals surface area contributed by atoms with E-state index in [1.807, 2.05) is 0 Å². The predicted molar refractivity (Wildman–Crippen MR) is 87.9 cm³/mol. The van der Waals surface area contributed by atoms with Crippen LogP contribution in [-0.2, 0) is 20.8 Å². The van der Waals surface area contributed by atoms with E-state index < -0.39 is 0 Å². The summed E-state index contributed by atoms with van der Waals surface area (Å²) in [6.45, 7) is 10.4. The van der Waals surface area contributed by atoms with Gasteiger partial charge in [0.15, 0.2) is 6.29 Å². The van der Waals surface area contributed by atoms with Gasteiger partial charge in [0.2, 0.25) is 0 Å². The van der Waals surface area contributed by atoms with Crippen LogP contribution in [0.1, 0.15) is 35.6 Å². The van der Waals surface area contributed by atoms with Crippen LogP contribution in [0.5, 0.6) is 0 Å². The number of hydrogen-bond donors (Lipinski definition) is 0. The van der Waals surface area contributed by atoms with Crippen LogP contribution >= 0.6 is 22.6 Å². The number of halogens is 1. The van der Waals surface area contributed by atoms with E-state index in [0.717, 1.165) is 13.0 Å². The molecule has 0 radical (unpaired) electrons. The molecule has 1 saturated heterocycles. The highest BCUT2D eigenvalue weighted by molar-refractivity contribution is 14.1. The average Bonchev–Trinajstić information content (AvgIpc) is 2.40. The van der Waals surface area contributed by atoms with Crippen molar-refractivity contribution in [3.05, 3.63) is 31.9 Å². The number of rotatable bonds is 4. The lowest BCUT2D eigenvalue weighted by Crippen LogP contribution is -2.33. The van der Waals surface area contributed by atoms with Crippen molar-refractivity contribution in [2.45, 2.75) is 53.1 Å². The first-order valence-corrected chi connectivity index (χ1v) is 8.17. The lowest BCUT2D eigenvalue weighted by Gasteiger charge is -2.28. The predicted octanol–water partition coefficient (Wildman–Crippen LogP) is 3.88. The van der Waals surface area contributed by atoms with Gasteiger partial charge in [0, 0.05) is 3.57 Å². The molecule has 112 valence electrons. The molecule has 1 aromatic carbocycles. The zero-order valence-corrected chi connectivity index (χ0v) is 14.8. The first-order valence-electron chi connectivity index (χ1n) is 7.09. The molecule has 20 heavy (non-hydrogen) atoms. The van der Waals surface area contributed by atoms with Crippen molar-refractivity contribution < 1.29 is 14.2 Å². The third-order valence-electron chi connectivity index (χ3n) is 3.91. The van der Waals surface area contributed by atoms with Gasteiger partial charge in [0.25, 0.3) is 0 Å². The normalized spacial score (nSPS) is 23.1. The average molecular weight is 390 g/mol. The summed E-state index contributed by atoms with van der Waals surface area (Å²) in [5.41, 5.74) is 5.24. The lowest BCUT2D eigenvalue weighted by molar-refractivity contribution is -0.229. The van der Waals surface area contributed by atoms with Crippen molar-refractivity contribution in [3.63, 3.8) is 0 Å². The van der Waals surface area contributed by atoms with Gasteiger partial charge < -0.3 is 14.2 Å².